The van der Waals surface area contributed by atoms with Gasteiger partial charge < -0.3 is 19.7 Å². The molecular weight excluding hydrogens is 298 g/mol. The Balaban J connectivity index is 1.81. The fourth-order valence-electron chi connectivity index (χ4n) is 2.14. The van der Waals surface area contributed by atoms with E-state index in [9.17, 15) is 9.90 Å². The van der Waals surface area contributed by atoms with E-state index in [1.165, 1.54) is 0 Å². The van der Waals surface area contributed by atoms with Crippen LogP contribution in [0.3, 0.4) is 0 Å². The van der Waals surface area contributed by atoms with Crippen LogP contribution in [0.1, 0.15) is 24.2 Å². The molecule has 2 N–H and O–H groups in total. The van der Waals surface area contributed by atoms with Crippen molar-refractivity contribution in [2.24, 2.45) is 5.92 Å². The van der Waals surface area contributed by atoms with E-state index in [1.54, 1.807) is 6.92 Å². The Hall–Kier alpha value is -2.41. The molecule has 0 spiro atoms. The Morgan fingerprint density at radius 2 is 2.13 bits per heavy atom. The second-order valence-electron chi connectivity index (χ2n) is 5.41. The van der Waals surface area contributed by atoms with Crippen molar-refractivity contribution in [1.29, 1.82) is 0 Å². The number of carbonyl (C=O) groups is 1. The van der Waals surface area contributed by atoms with Gasteiger partial charge in [0, 0.05) is 13.3 Å². The fraction of sp³-hybridized carbons (Fsp3) is 0.438. The van der Waals surface area contributed by atoms with Gasteiger partial charge >= 0.3 is 6.09 Å². The number of benzene rings is 1. The van der Waals surface area contributed by atoms with Gasteiger partial charge in [0.25, 0.3) is 0 Å². The van der Waals surface area contributed by atoms with Crippen LogP contribution >= 0.6 is 0 Å². The zero-order valence-electron chi connectivity index (χ0n) is 13.2. The summed E-state index contributed by atoms with van der Waals surface area (Å²) in [5.41, 5.74) is 0.901. The van der Waals surface area contributed by atoms with Crippen LogP contribution in [-0.2, 0) is 17.8 Å². The van der Waals surface area contributed by atoms with Crippen LogP contribution in [0.5, 0.6) is 0 Å². The first-order chi connectivity index (χ1) is 11.1. The minimum absolute atomic E-state index is 0.0683. The van der Waals surface area contributed by atoms with Crippen LogP contribution in [0.4, 0.5) is 4.79 Å². The summed E-state index contributed by atoms with van der Waals surface area (Å²) < 4.78 is 10.1. The molecule has 0 aliphatic rings. The number of amides is 1. The standard InChI is InChI=1S/C16H21N3O4/c1-11(8-15-17-12(2)23-19-15)14(9-20)18-16(21)22-10-13-6-4-3-5-7-13/h3-7,11,14,20H,8-10H2,1-2H3,(H,18,21). The van der Waals surface area contributed by atoms with Crippen LogP contribution in [0, 0.1) is 12.8 Å². The van der Waals surface area contributed by atoms with Gasteiger partial charge in [0.15, 0.2) is 5.82 Å². The van der Waals surface area contributed by atoms with Gasteiger partial charge in [-0.1, -0.05) is 42.4 Å². The lowest BCUT2D eigenvalue weighted by molar-refractivity contribution is 0.121. The van der Waals surface area contributed by atoms with Crippen molar-refractivity contribution < 1.29 is 19.2 Å². The number of aryl methyl sites for hydroxylation is 1. The van der Waals surface area contributed by atoms with Gasteiger partial charge in [-0.15, -0.1) is 0 Å². The molecule has 2 atom stereocenters. The highest BCUT2D eigenvalue weighted by atomic mass is 16.5. The lowest BCUT2D eigenvalue weighted by Crippen LogP contribution is -2.43. The molecule has 1 aromatic carbocycles. The molecule has 7 heteroatoms. The molecule has 1 aromatic heterocycles. The van der Waals surface area contributed by atoms with Crippen LogP contribution in [0.25, 0.3) is 0 Å². The molecule has 2 unspecified atom stereocenters. The molecule has 0 bridgehead atoms. The van der Waals surface area contributed by atoms with Gasteiger partial charge in [-0.3, -0.25) is 0 Å². The maximum absolute atomic E-state index is 11.9. The smallest absolute Gasteiger partial charge is 0.407 e. The second kappa shape index (κ2) is 8.28. The molecule has 0 aliphatic carbocycles. The third kappa shape index (κ3) is 5.37. The van der Waals surface area contributed by atoms with Crippen molar-refractivity contribution >= 4 is 6.09 Å². The fourth-order valence-corrected chi connectivity index (χ4v) is 2.14. The summed E-state index contributed by atoms with van der Waals surface area (Å²) in [6.07, 6.45) is -0.0781. The molecule has 2 aromatic rings. The molecule has 0 aliphatic heterocycles. The maximum Gasteiger partial charge on any atom is 0.407 e. The minimum atomic E-state index is -0.566. The van der Waals surface area contributed by atoms with Crippen molar-refractivity contribution in [1.82, 2.24) is 15.5 Å². The average Bonchev–Trinajstić information content (AvgIpc) is 2.96. The molecule has 124 valence electrons. The normalized spacial score (nSPS) is 13.3. The Bertz CT molecular complexity index is 615. The quantitative estimate of drug-likeness (QED) is 0.808. The van der Waals surface area contributed by atoms with Crippen LogP contribution in [-0.4, -0.2) is 34.0 Å². The summed E-state index contributed by atoms with van der Waals surface area (Å²) in [5.74, 6) is 0.970. The highest BCUT2D eigenvalue weighted by molar-refractivity contribution is 5.67. The number of aromatic nitrogens is 2. The summed E-state index contributed by atoms with van der Waals surface area (Å²) in [6, 6.07) is 8.95. The number of aliphatic hydroxyl groups is 1. The van der Waals surface area contributed by atoms with Crippen molar-refractivity contribution in [3.05, 3.63) is 47.6 Å². The number of alkyl carbamates (subject to hydrolysis) is 1. The summed E-state index contributed by atoms with van der Waals surface area (Å²) in [6.45, 7) is 3.59. The SMILES string of the molecule is Cc1nc(CC(C)C(CO)NC(=O)OCc2ccccc2)no1. The first-order valence-corrected chi connectivity index (χ1v) is 7.45. The van der Waals surface area contributed by atoms with Crippen LogP contribution in [0.2, 0.25) is 0 Å². The Kier molecular flexibility index (Phi) is 6.10. The summed E-state index contributed by atoms with van der Waals surface area (Å²) in [7, 11) is 0. The van der Waals surface area contributed by atoms with Gasteiger partial charge in [-0.25, -0.2) is 4.79 Å². The Morgan fingerprint density at radius 3 is 2.74 bits per heavy atom. The second-order valence-corrected chi connectivity index (χ2v) is 5.41. The lowest BCUT2D eigenvalue weighted by atomic mass is 9.99. The number of hydrogen-bond acceptors (Lipinski definition) is 6. The van der Waals surface area contributed by atoms with E-state index >= 15 is 0 Å². The molecule has 0 radical (unpaired) electrons. The predicted octanol–water partition coefficient (Wildman–Crippen LogP) is 1.84. The number of rotatable bonds is 7. The minimum Gasteiger partial charge on any atom is -0.445 e. The highest BCUT2D eigenvalue weighted by Crippen LogP contribution is 2.10. The van der Waals surface area contributed by atoms with Crippen molar-refractivity contribution in [3.8, 4) is 0 Å². The first kappa shape index (κ1) is 17.0. The zero-order chi connectivity index (χ0) is 16.7. The average molecular weight is 319 g/mol. The first-order valence-electron chi connectivity index (χ1n) is 7.45. The number of hydrogen-bond donors (Lipinski definition) is 2. The van der Waals surface area contributed by atoms with E-state index < -0.39 is 12.1 Å². The zero-order valence-corrected chi connectivity index (χ0v) is 13.2. The molecule has 0 saturated heterocycles. The molecule has 2 rings (SSSR count). The van der Waals surface area contributed by atoms with Crippen molar-refractivity contribution in [2.75, 3.05) is 6.61 Å². The molecule has 0 fully saturated rings. The molecular formula is C16H21N3O4. The lowest BCUT2D eigenvalue weighted by Gasteiger charge is -2.21. The van der Waals surface area contributed by atoms with Crippen LogP contribution in [0.15, 0.2) is 34.9 Å². The number of nitrogens with one attached hydrogen (secondary N) is 1. The Morgan fingerprint density at radius 1 is 1.39 bits per heavy atom. The number of carbonyl (C=O) groups excluding carboxylic acids is 1. The summed E-state index contributed by atoms with van der Waals surface area (Å²) in [4.78, 5) is 16.0. The van der Waals surface area contributed by atoms with Gasteiger partial charge in [0.1, 0.15) is 6.61 Å². The molecule has 0 saturated carbocycles. The van der Waals surface area contributed by atoms with Crippen molar-refractivity contribution in [2.45, 2.75) is 32.9 Å². The number of aliphatic hydroxyl groups excluding tert-OH is 1. The number of ether oxygens (including phenoxy) is 1. The maximum atomic E-state index is 11.9. The van der Waals surface area contributed by atoms with Gasteiger partial charge in [0.05, 0.1) is 12.6 Å². The van der Waals surface area contributed by atoms with E-state index in [4.69, 9.17) is 9.26 Å². The molecule has 23 heavy (non-hydrogen) atoms. The monoisotopic (exact) mass is 319 g/mol. The van der Waals surface area contributed by atoms with E-state index in [2.05, 4.69) is 15.5 Å². The molecule has 7 nitrogen and oxygen atoms in total. The third-order valence-corrected chi connectivity index (χ3v) is 3.47. The van der Waals surface area contributed by atoms with Gasteiger partial charge in [0.2, 0.25) is 5.89 Å². The largest absolute Gasteiger partial charge is 0.445 e. The Labute approximate surface area is 134 Å². The molecule has 1 amide bonds. The van der Waals surface area contributed by atoms with E-state index in [1.807, 2.05) is 37.3 Å². The van der Waals surface area contributed by atoms with E-state index in [0.717, 1.165) is 5.56 Å². The number of nitrogens with zero attached hydrogens (tertiary/aromatic N) is 2. The summed E-state index contributed by atoms with van der Waals surface area (Å²) >= 11 is 0. The molecule has 1 heterocycles. The third-order valence-electron chi connectivity index (χ3n) is 3.47. The van der Waals surface area contributed by atoms with E-state index in [-0.39, 0.29) is 19.1 Å². The summed E-state index contributed by atoms with van der Waals surface area (Å²) in [5, 5.41) is 16.0. The predicted molar refractivity (Wildman–Crippen MR) is 82.5 cm³/mol. The van der Waals surface area contributed by atoms with E-state index in [0.29, 0.717) is 18.1 Å². The van der Waals surface area contributed by atoms with Gasteiger partial charge in [-0.05, 0) is 11.5 Å². The topological polar surface area (TPSA) is 97.5 Å². The van der Waals surface area contributed by atoms with Gasteiger partial charge in [-0.2, -0.15) is 4.98 Å². The highest BCUT2D eigenvalue weighted by Gasteiger charge is 2.21. The van der Waals surface area contributed by atoms with Crippen molar-refractivity contribution in [3.63, 3.8) is 0 Å². The van der Waals surface area contributed by atoms with Crippen LogP contribution < -0.4 is 5.32 Å².